The Labute approximate surface area is 169 Å². The summed E-state index contributed by atoms with van der Waals surface area (Å²) in [4.78, 5) is 35.5. The van der Waals surface area contributed by atoms with Gasteiger partial charge in [-0.05, 0) is 44.5 Å². The highest BCUT2D eigenvalue weighted by molar-refractivity contribution is 6.00. The van der Waals surface area contributed by atoms with E-state index in [1.165, 1.54) is 24.3 Å². The number of carbonyl (C=O) groups is 3. The highest BCUT2D eigenvalue weighted by Gasteiger charge is 2.21. The Hall–Kier alpha value is -3.47. The van der Waals surface area contributed by atoms with Gasteiger partial charge in [0, 0.05) is 22.5 Å². The largest absolute Gasteiger partial charge is 0.454 e. The van der Waals surface area contributed by atoms with Crippen molar-refractivity contribution in [3.05, 3.63) is 94.3 Å². The molecule has 0 N–H and O–H groups in total. The number of carbonyl (C=O) groups excluding carboxylic acids is 3. The number of ether oxygens (including phenoxy) is 1. The minimum Gasteiger partial charge on any atom is -0.454 e. The van der Waals surface area contributed by atoms with Gasteiger partial charge in [0.2, 0.25) is 5.78 Å². The Morgan fingerprint density at radius 1 is 1.03 bits per heavy atom. The summed E-state index contributed by atoms with van der Waals surface area (Å²) in [5.41, 5.74) is 4.28. The second kappa shape index (κ2) is 8.69. The number of ketones is 1. The number of rotatable bonds is 7. The lowest BCUT2D eigenvalue weighted by molar-refractivity contribution is 0.0474. The molecule has 0 aliphatic carbocycles. The van der Waals surface area contributed by atoms with Crippen molar-refractivity contribution in [1.29, 1.82) is 0 Å². The lowest BCUT2D eigenvalue weighted by Gasteiger charge is -2.19. The Balaban J connectivity index is 1.72. The molecule has 0 aliphatic heterocycles. The highest BCUT2D eigenvalue weighted by atomic mass is 16.5. The first-order valence-corrected chi connectivity index (χ1v) is 9.41. The Bertz CT molecular complexity index is 1030. The fourth-order valence-corrected chi connectivity index (χ4v) is 3.53. The standard InChI is InChI=1S/C24H23NO4/c1-16-13-22(18(3)25(16)17(2)20-7-5-4-6-8-20)23(27)15-29-24(28)21-11-9-19(14-26)10-12-21/h4-14,17H,15H2,1-3H3/t17-/m0/s1. The van der Waals surface area contributed by atoms with Crippen LogP contribution in [0.3, 0.4) is 0 Å². The molecule has 29 heavy (non-hydrogen) atoms. The first-order chi connectivity index (χ1) is 13.9. The maximum absolute atomic E-state index is 12.7. The van der Waals surface area contributed by atoms with Crippen LogP contribution in [0.2, 0.25) is 0 Å². The summed E-state index contributed by atoms with van der Waals surface area (Å²) in [5.74, 6) is -0.843. The van der Waals surface area contributed by atoms with Crippen LogP contribution in [0.4, 0.5) is 0 Å². The number of nitrogens with zero attached hydrogens (tertiary/aromatic N) is 1. The van der Waals surface area contributed by atoms with E-state index in [1.807, 2.05) is 38.1 Å². The van der Waals surface area contributed by atoms with E-state index in [-0.39, 0.29) is 18.4 Å². The van der Waals surface area contributed by atoms with Crippen LogP contribution in [0.15, 0.2) is 60.7 Å². The van der Waals surface area contributed by atoms with Crippen molar-refractivity contribution in [3.8, 4) is 0 Å². The van der Waals surface area contributed by atoms with Gasteiger partial charge in [-0.2, -0.15) is 0 Å². The van der Waals surface area contributed by atoms with E-state index in [9.17, 15) is 14.4 Å². The molecule has 1 atom stereocenters. The third-order valence-corrected chi connectivity index (χ3v) is 5.07. The van der Waals surface area contributed by atoms with Gasteiger partial charge in [-0.15, -0.1) is 0 Å². The molecule has 148 valence electrons. The number of aryl methyl sites for hydroxylation is 1. The number of Topliss-reactive ketones (excluding diaryl/α,β-unsaturated/α-hetero) is 1. The molecule has 0 saturated carbocycles. The topological polar surface area (TPSA) is 65.4 Å². The Kier molecular flexibility index (Phi) is 6.07. The van der Waals surface area contributed by atoms with Gasteiger partial charge in [0.1, 0.15) is 6.29 Å². The van der Waals surface area contributed by atoms with E-state index in [2.05, 4.69) is 23.6 Å². The van der Waals surface area contributed by atoms with Crippen LogP contribution in [0, 0.1) is 13.8 Å². The van der Waals surface area contributed by atoms with E-state index in [4.69, 9.17) is 4.74 Å². The van der Waals surface area contributed by atoms with E-state index in [0.717, 1.165) is 17.0 Å². The lowest BCUT2D eigenvalue weighted by atomic mass is 10.1. The maximum Gasteiger partial charge on any atom is 0.338 e. The third kappa shape index (κ3) is 4.35. The second-order valence-electron chi connectivity index (χ2n) is 6.98. The molecule has 0 amide bonds. The Morgan fingerprint density at radius 2 is 1.69 bits per heavy atom. The van der Waals surface area contributed by atoms with Crippen LogP contribution in [0.25, 0.3) is 0 Å². The number of aromatic nitrogens is 1. The van der Waals surface area contributed by atoms with Crippen LogP contribution in [-0.2, 0) is 4.74 Å². The van der Waals surface area contributed by atoms with Crippen molar-refractivity contribution in [2.45, 2.75) is 26.8 Å². The summed E-state index contributed by atoms with van der Waals surface area (Å²) in [6.07, 6.45) is 0.699. The smallest absolute Gasteiger partial charge is 0.338 e. The molecule has 5 heteroatoms. The molecule has 3 rings (SSSR count). The third-order valence-electron chi connectivity index (χ3n) is 5.07. The predicted octanol–water partition coefficient (Wildman–Crippen LogP) is 4.57. The maximum atomic E-state index is 12.7. The first-order valence-electron chi connectivity index (χ1n) is 9.41. The van der Waals surface area contributed by atoms with E-state index >= 15 is 0 Å². The van der Waals surface area contributed by atoms with Crippen molar-refractivity contribution < 1.29 is 19.1 Å². The molecule has 0 unspecified atom stereocenters. The van der Waals surface area contributed by atoms with Crippen molar-refractivity contribution in [1.82, 2.24) is 4.57 Å². The van der Waals surface area contributed by atoms with Crippen molar-refractivity contribution in [2.75, 3.05) is 6.61 Å². The van der Waals surface area contributed by atoms with Crippen molar-refractivity contribution in [3.63, 3.8) is 0 Å². The molecule has 0 radical (unpaired) electrons. The molecule has 5 nitrogen and oxygen atoms in total. The van der Waals surface area contributed by atoms with Crippen LogP contribution < -0.4 is 0 Å². The SMILES string of the molecule is Cc1cc(C(=O)COC(=O)c2ccc(C=O)cc2)c(C)n1[C@@H](C)c1ccccc1. The number of hydrogen-bond acceptors (Lipinski definition) is 4. The average Bonchev–Trinajstić information content (AvgIpc) is 3.05. The minimum atomic E-state index is -0.595. The summed E-state index contributed by atoms with van der Waals surface area (Å²) < 4.78 is 7.29. The van der Waals surface area contributed by atoms with Crippen molar-refractivity contribution >= 4 is 18.0 Å². The summed E-state index contributed by atoms with van der Waals surface area (Å²) in [6.45, 7) is 5.62. The van der Waals surface area contributed by atoms with E-state index in [0.29, 0.717) is 23.0 Å². The number of aldehydes is 1. The molecule has 1 heterocycles. The molecule has 3 aromatic rings. The number of esters is 1. The zero-order valence-corrected chi connectivity index (χ0v) is 16.7. The molecule has 0 fully saturated rings. The zero-order valence-electron chi connectivity index (χ0n) is 16.7. The van der Waals surface area contributed by atoms with Gasteiger partial charge in [0.15, 0.2) is 6.61 Å². The quantitative estimate of drug-likeness (QED) is 0.337. The summed E-state index contributed by atoms with van der Waals surface area (Å²) in [7, 11) is 0. The summed E-state index contributed by atoms with van der Waals surface area (Å²) >= 11 is 0. The number of benzene rings is 2. The molecular formula is C24H23NO4. The summed E-state index contributed by atoms with van der Waals surface area (Å²) in [6, 6.07) is 18.1. The molecule has 1 aromatic heterocycles. The summed E-state index contributed by atoms with van der Waals surface area (Å²) in [5, 5.41) is 0. The van der Waals surface area contributed by atoms with Crippen LogP contribution >= 0.6 is 0 Å². The molecule has 2 aromatic carbocycles. The van der Waals surface area contributed by atoms with Crippen LogP contribution in [0.5, 0.6) is 0 Å². The second-order valence-corrected chi connectivity index (χ2v) is 6.98. The van der Waals surface area contributed by atoms with Gasteiger partial charge >= 0.3 is 5.97 Å². The van der Waals surface area contributed by atoms with Crippen molar-refractivity contribution in [2.24, 2.45) is 0 Å². The normalized spacial score (nSPS) is 11.7. The van der Waals surface area contributed by atoms with E-state index in [1.54, 1.807) is 0 Å². The Morgan fingerprint density at radius 3 is 2.31 bits per heavy atom. The zero-order chi connectivity index (χ0) is 21.0. The van der Waals surface area contributed by atoms with Gasteiger partial charge in [-0.1, -0.05) is 42.5 Å². The minimum absolute atomic E-state index is 0.0802. The van der Waals surface area contributed by atoms with Gasteiger partial charge in [-0.3, -0.25) is 9.59 Å². The predicted molar refractivity (Wildman–Crippen MR) is 111 cm³/mol. The molecule has 0 bridgehead atoms. The van der Waals surface area contributed by atoms with E-state index < -0.39 is 5.97 Å². The molecule has 0 aliphatic rings. The van der Waals surface area contributed by atoms with Crippen LogP contribution in [0.1, 0.15) is 61.0 Å². The first kappa shape index (κ1) is 20.3. The highest BCUT2D eigenvalue weighted by Crippen LogP contribution is 2.25. The van der Waals surface area contributed by atoms with Gasteiger partial charge in [0.25, 0.3) is 0 Å². The van der Waals surface area contributed by atoms with Gasteiger partial charge in [-0.25, -0.2) is 4.79 Å². The fraction of sp³-hybridized carbons (Fsp3) is 0.208. The van der Waals surface area contributed by atoms with Crippen LogP contribution in [-0.4, -0.2) is 29.2 Å². The molecular weight excluding hydrogens is 366 g/mol. The molecule has 0 spiro atoms. The fourth-order valence-electron chi connectivity index (χ4n) is 3.53. The molecule has 0 saturated heterocycles. The number of hydrogen-bond donors (Lipinski definition) is 0. The lowest BCUT2D eigenvalue weighted by Crippen LogP contribution is -2.16. The van der Waals surface area contributed by atoms with Gasteiger partial charge < -0.3 is 9.30 Å². The monoisotopic (exact) mass is 389 g/mol. The average molecular weight is 389 g/mol. The van der Waals surface area contributed by atoms with Gasteiger partial charge in [0.05, 0.1) is 11.6 Å².